The number of carbonyl (C=O) groups is 2. The first-order valence-corrected chi connectivity index (χ1v) is 10.3. The van der Waals surface area contributed by atoms with Crippen molar-refractivity contribution < 1.29 is 9.59 Å². The Balaban J connectivity index is 1.65. The summed E-state index contributed by atoms with van der Waals surface area (Å²) < 4.78 is 0. The third kappa shape index (κ3) is 5.17. The number of rotatable bonds is 6. The topological polar surface area (TPSA) is 61.4 Å². The zero-order valence-corrected chi connectivity index (χ0v) is 16.7. The molecule has 1 aromatic carbocycles. The number of nitrogens with zero attached hydrogens (tertiary/aromatic N) is 1. The van der Waals surface area contributed by atoms with E-state index in [-0.39, 0.29) is 6.04 Å². The predicted molar refractivity (Wildman–Crippen MR) is 108 cm³/mol. The van der Waals surface area contributed by atoms with Crippen molar-refractivity contribution in [2.24, 2.45) is 5.92 Å². The van der Waals surface area contributed by atoms with Crippen LogP contribution in [0.2, 0.25) is 0 Å². The van der Waals surface area contributed by atoms with Crippen LogP contribution in [0.3, 0.4) is 0 Å². The van der Waals surface area contributed by atoms with Crippen molar-refractivity contribution in [3.8, 4) is 0 Å². The molecule has 1 aliphatic heterocycles. The number of amides is 2. The summed E-state index contributed by atoms with van der Waals surface area (Å²) >= 11 is 1.69. The number of hydrogen-bond donors (Lipinski definition) is 2. The molecule has 0 spiro atoms. The number of thiophene rings is 1. The van der Waals surface area contributed by atoms with Gasteiger partial charge in [-0.2, -0.15) is 0 Å². The van der Waals surface area contributed by atoms with Crippen LogP contribution in [0.25, 0.3) is 0 Å². The van der Waals surface area contributed by atoms with Gasteiger partial charge in [0, 0.05) is 31.1 Å². The number of hydrogen-bond acceptors (Lipinski definition) is 4. The predicted octanol–water partition coefficient (Wildman–Crippen LogP) is 2.74. The van der Waals surface area contributed by atoms with Crippen molar-refractivity contribution >= 4 is 23.2 Å². The van der Waals surface area contributed by atoms with Crippen LogP contribution in [0.5, 0.6) is 0 Å². The zero-order chi connectivity index (χ0) is 19.2. The van der Waals surface area contributed by atoms with E-state index in [2.05, 4.69) is 51.2 Å². The molecule has 1 aromatic heterocycles. The van der Waals surface area contributed by atoms with Crippen LogP contribution in [-0.2, 0) is 22.6 Å². The first-order chi connectivity index (χ1) is 13.0. The molecule has 0 saturated carbocycles. The van der Waals surface area contributed by atoms with E-state index in [0.717, 1.165) is 19.5 Å². The Bertz CT molecular complexity index is 773. The van der Waals surface area contributed by atoms with Gasteiger partial charge in [-0.05, 0) is 34.9 Å². The third-order valence-corrected chi connectivity index (χ3v) is 5.78. The molecular weight excluding hydrogens is 358 g/mol. The lowest BCUT2D eigenvalue weighted by Gasteiger charge is -2.35. The SMILES string of the molecule is CC(C)CNC(=O)C(=O)NC[C@H](c1cccs1)N1CCc2ccccc2C1. The van der Waals surface area contributed by atoms with Crippen LogP contribution in [0.15, 0.2) is 41.8 Å². The third-order valence-electron chi connectivity index (χ3n) is 4.81. The zero-order valence-electron chi connectivity index (χ0n) is 15.9. The Kier molecular flexibility index (Phi) is 6.63. The maximum Gasteiger partial charge on any atom is 0.309 e. The van der Waals surface area contributed by atoms with Gasteiger partial charge in [0.1, 0.15) is 0 Å². The Hall–Kier alpha value is -2.18. The molecule has 2 heterocycles. The van der Waals surface area contributed by atoms with E-state index in [4.69, 9.17) is 0 Å². The highest BCUT2D eigenvalue weighted by Crippen LogP contribution is 2.29. The molecule has 0 bridgehead atoms. The minimum atomic E-state index is -0.561. The smallest absolute Gasteiger partial charge is 0.309 e. The Morgan fingerprint density at radius 3 is 2.41 bits per heavy atom. The largest absolute Gasteiger partial charge is 0.348 e. The fourth-order valence-corrected chi connectivity index (χ4v) is 4.18. The minimum absolute atomic E-state index is 0.0696. The fraction of sp³-hybridized carbons (Fsp3) is 0.429. The molecule has 5 nitrogen and oxygen atoms in total. The van der Waals surface area contributed by atoms with E-state index < -0.39 is 11.8 Å². The second-order valence-corrected chi connectivity index (χ2v) is 8.31. The van der Waals surface area contributed by atoms with E-state index in [0.29, 0.717) is 19.0 Å². The van der Waals surface area contributed by atoms with Crippen molar-refractivity contribution in [2.45, 2.75) is 32.9 Å². The maximum atomic E-state index is 12.2. The highest BCUT2D eigenvalue weighted by molar-refractivity contribution is 7.10. The standard InChI is InChI=1S/C21H27N3O2S/c1-15(2)12-22-20(25)21(26)23-13-18(19-8-5-11-27-19)24-10-9-16-6-3-4-7-17(16)14-24/h3-8,11,15,18H,9-10,12-14H2,1-2H3,(H,22,25)(H,23,26)/t18-/m1/s1. The number of nitrogens with one attached hydrogen (secondary N) is 2. The van der Waals surface area contributed by atoms with E-state index >= 15 is 0 Å². The number of benzene rings is 1. The van der Waals surface area contributed by atoms with Crippen LogP contribution in [-0.4, -0.2) is 36.3 Å². The Labute approximate surface area is 164 Å². The van der Waals surface area contributed by atoms with Crippen molar-refractivity contribution in [1.29, 1.82) is 0 Å². The first kappa shape index (κ1) is 19.6. The molecule has 0 aliphatic carbocycles. The van der Waals surface area contributed by atoms with Gasteiger partial charge in [-0.3, -0.25) is 14.5 Å². The van der Waals surface area contributed by atoms with Crippen LogP contribution in [0.1, 0.15) is 35.9 Å². The maximum absolute atomic E-state index is 12.2. The molecule has 27 heavy (non-hydrogen) atoms. The molecule has 0 radical (unpaired) electrons. The van der Waals surface area contributed by atoms with Gasteiger partial charge in [0.25, 0.3) is 0 Å². The molecule has 0 fully saturated rings. The molecule has 0 unspecified atom stereocenters. The van der Waals surface area contributed by atoms with Gasteiger partial charge in [-0.25, -0.2) is 0 Å². The molecule has 2 amide bonds. The highest BCUT2D eigenvalue weighted by atomic mass is 32.1. The summed E-state index contributed by atoms with van der Waals surface area (Å²) in [6.07, 6.45) is 1.00. The van der Waals surface area contributed by atoms with Gasteiger partial charge >= 0.3 is 11.8 Å². The first-order valence-electron chi connectivity index (χ1n) is 9.45. The van der Waals surface area contributed by atoms with E-state index in [9.17, 15) is 9.59 Å². The van der Waals surface area contributed by atoms with Crippen molar-refractivity contribution in [3.63, 3.8) is 0 Å². The molecule has 6 heteroatoms. The number of carbonyl (C=O) groups excluding carboxylic acids is 2. The van der Waals surface area contributed by atoms with Gasteiger partial charge in [-0.1, -0.05) is 44.2 Å². The summed E-state index contributed by atoms with van der Waals surface area (Å²) in [5.41, 5.74) is 2.74. The molecule has 0 saturated heterocycles. The summed E-state index contributed by atoms with van der Waals surface area (Å²) in [7, 11) is 0. The molecule has 2 aromatic rings. The van der Waals surface area contributed by atoms with Gasteiger partial charge in [-0.15, -0.1) is 11.3 Å². The molecule has 144 valence electrons. The highest BCUT2D eigenvalue weighted by Gasteiger charge is 2.26. The second kappa shape index (κ2) is 9.15. The molecule has 1 aliphatic rings. The average Bonchev–Trinajstić information content (AvgIpc) is 3.20. The van der Waals surface area contributed by atoms with E-state index in [1.165, 1.54) is 16.0 Å². The van der Waals surface area contributed by atoms with E-state index in [1.54, 1.807) is 11.3 Å². The lowest BCUT2D eigenvalue weighted by Crippen LogP contribution is -2.45. The van der Waals surface area contributed by atoms with Crippen LogP contribution < -0.4 is 10.6 Å². The Morgan fingerprint density at radius 1 is 1.04 bits per heavy atom. The normalized spacial score (nSPS) is 15.2. The summed E-state index contributed by atoms with van der Waals surface area (Å²) in [4.78, 5) is 27.7. The lowest BCUT2D eigenvalue weighted by molar-refractivity contribution is -0.139. The minimum Gasteiger partial charge on any atom is -0.348 e. The van der Waals surface area contributed by atoms with Crippen molar-refractivity contribution in [3.05, 3.63) is 57.8 Å². The van der Waals surface area contributed by atoms with Crippen LogP contribution in [0, 0.1) is 5.92 Å². The van der Waals surface area contributed by atoms with Gasteiger partial charge in [0.15, 0.2) is 0 Å². The van der Waals surface area contributed by atoms with Gasteiger partial charge < -0.3 is 10.6 Å². The van der Waals surface area contributed by atoms with Crippen LogP contribution in [0.4, 0.5) is 0 Å². The van der Waals surface area contributed by atoms with Gasteiger partial charge in [0.05, 0.1) is 6.04 Å². The quantitative estimate of drug-likeness (QED) is 0.752. The Morgan fingerprint density at radius 2 is 1.74 bits per heavy atom. The van der Waals surface area contributed by atoms with E-state index in [1.807, 2.05) is 19.9 Å². The monoisotopic (exact) mass is 385 g/mol. The van der Waals surface area contributed by atoms with Crippen molar-refractivity contribution in [1.82, 2.24) is 15.5 Å². The summed E-state index contributed by atoms with van der Waals surface area (Å²) in [6.45, 7) is 6.72. The van der Waals surface area contributed by atoms with Crippen molar-refractivity contribution in [2.75, 3.05) is 19.6 Å². The fourth-order valence-electron chi connectivity index (χ4n) is 3.32. The second-order valence-electron chi connectivity index (χ2n) is 7.33. The summed E-state index contributed by atoms with van der Waals surface area (Å²) in [5.74, 6) is -0.804. The summed E-state index contributed by atoms with van der Waals surface area (Å²) in [6, 6.07) is 12.7. The molecular formula is C21H27N3O2S. The lowest BCUT2D eigenvalue weighted by atomic mass is 9.98. The number of fused-ring (bicyclic) bond motifs is 1. The molecule has 2 N–H and O–H groups in total. The summed E-state index contributed by atoms with van der Waals surface area (Å²) in [5, 5.41) is 7.55. The average molecular weight is 386 g/mol. The van der Waals surface area contributed by atoms with Gasteiger partial charge in [0.2, 0.25) is 0 Å². The van der Waals surface area contributed by atoms with Crippen LogP contribution >= 0.6 is 11.3 Å². The molecule has 1 atom stereocenters. The molecule has 3 rings (SSSR count).